The first-order valence-corrected chi connectivity index (χ1v) is 9.59. The van der Waals surface area contributed by atoms with Crippen LogP contribution in [0.25, 0.3) is 17.4 Å². The highest BCUT2D eigenvalue weighted by Gasteiger charge is 2.29. The fourth-order valence-corrected chi connectivity index (χ4v) is 3.51. The van der Waals surface area contributed by atoms with E-state index in [9.17, 15) is 9.59 Å². The van der Waals surface area contributed by atoms with Crippen molar-refractivity contribution in [1.29, 1.82) is 0 Å². The van der Waals surface area contributed by atoms with E-state index in [1.54, 1.807) is 43.3 Å². The van der Waals surface area contributed by atoms with Gasteiger partial charge >= 0.3 is 5.97 Å². The number of amides is 1. The van der Waals surface area contributed by atoms with Crippen molar-refractivity contribution in [2.75, 3.05) is 5.01 Å². The molecule has 1 aromatic heterocycles. The van der Waals surface area contributed by atoms with E-state index >= 15 is 0 Å². The number of hydrogen-bond donors (Lipinski definition) is 1. The molecule has 0 spiro atoms. The van der Waals surface area contributed by atoms with Gasteiger partial charge in [-0.05, 0) is 67.6 Å². The Bertz CT molecular complexity index is 1230. The van der Waals surface area contributed by atoms with Gasteiger partial charge in [-0.1, -0.05) is 23.2 Å². The van der Waals surface area contributed by atoms with Crippen LogP contribution in [0.4, 0.5) is 5.69 Å². The van der Waals surface area contributed by atoms with Crippen LogP contribution < -0.4 is 5.01 Å². The molecule has 3 aromatic rings. The van der Waals surface area contributed by atoms with Crippen LogP contribution in [-0.4, -0.2) is 22.7 Å². The van der Waals surface area contributed by atoms with E-state index in [2.05, 4.69) is 5.10 Å². The zero-order valence-corrected chi connectivity index (χ0v) is 17.1. The number of hydrogen-bond acceptors (Lipinski definition) is 4. The molecule has 0 atom stereocenters. The van der Waals surface area contributed by atoms with Crippen molar-refractivity contribution in [1.82, 2.24) is 0 Å². The van der Waals surface area contributed by atoms with Crippen LogP contribution in [0.5, 0.6) is 0 Å². The number of hydrazone groups is 1. The van der Waals surface area contributed by atoms with Gasteiger partial charge in [0.1, 0.15) is 11.5 Å². The minimum Gasteiger partial charge on any atom is -0.478 e. The molecule has 0 unspecified atom stereocenters. The maximum atomic E-state index is 12.9. The van der Waals surface area contributed by atoms with Gasteiger partial charge in [0.05, 0.1) is 27.6 Å². The molecule has 1 N–H and O–H groups in total. The molecular weight excluding hydrogens is 427 g/mol. The fraction of sp³-hybridized carbons (Fsp3) is 0.0455. The highest BCUT2D eigenvalue weighted by Crippen LogP contribution is 2.32. The second kappa shape index (κ2) is 7.82. The molecule has 150 valence electrons. The minimum absolute atomic E-state index is 0.130. The third-order valence-electron chi connectivity index (χ3n) is 4.53. The van der Waals surface area contributed by atoms with Crippen LogP contribution in [-0.2, 0) is 4.79 Å². The van der Waals surface area contributed by atoms with Crippen LogP contribution in [0.1, 0.15) is 23.0 Å². The molecule has 30 heavy (non-hydrogen) atoms. The van der Waals surface area contributed by atoms with E-state index in [-0.39, 0.29) is 11.5 Å². The van der Waals surface area contributed by atoms with Gasteiger partial charge in [-0.2, -0.15) is 10.1 Å². The first-order valence-electron chi connectivity index (χ1n) is 8.84. The van der Waals surface area contributed by atoms with Crippen molar-refractivity contribution in [3.63, 3.8) is 0 Å². The van der Waals surface area contributed by atoms with E-state index in [1.807, 2.05) is 0 Å². The molecule has 0 saturated heterocycles. The summed E-state index contributed by atoms with van der Waals surface area (Å²) in [6.07, 6.45) is 1.61. The summed E-state index contributed by atoms with van der Waals surface area (Å²) in [5.74, 6) is -0.358. The Kier molecular flexibility index (Phi) is 5.20. The Morgan fingerprint density at radius 3 is 2.50 bits per heavy atom. The quantitative estimate of drug-likeness (QED) is 0.522. The van der Waals surface area contributed by atoms with Crippen molar-refractivity contribution >= 4 is 52.6 Å². The highest BCUT2D eigenvalue weighted by atomic mass is 35.5. The zero-order valence-electron chi connectivity index (χ0n) is 15.6. The lowest BCUT2D eigenvalue weighted by Crippen LogP contribution is -2.21. The molecule has 1 aliphatic heterocycles. The summed E-state index contributed by atoms with van der Waals surface area (Å²) >= 11 is 12.2. The van der Waals surface area contributed by atoms with Crippen LogP contribution in [0, 0.1) is 0 Å². The van der Waals surface area contributed by atoms with Crippen molar-refractivity contribution in [3.8, 4) is 11.3 Å². The number of benzene rings is 2. The van der Waals surface area contributed by atoms with Crippen LogP contribution in [0.2, 0.25) is 10.0 Å². The van der Waals surface area contributed by atoms with Gasteiger partial charge in [0, 0.05) is 10.6 Å². The Hall–Kier alpha value is -3.35. The number of carbonyl (C=O) groups is 2. The first kappa shape index (κ1) is 19.9. The summed E-state index contributed by atoms with van der Waals surface area (Å²) in [6.45, 7) is 1.72. The summed E-state index contributed by atoms with van der Waals surface area (Å²) in [4.78, 5) is 23.9. The maximum absolute atomic E-state index is 12.9. The largest absolute Gasteiger partial charge is 0.478 e. The lowest BCUT2D eigenvalue weighted by Gasteiger charge is -2.11. The van der Waals surface area contributed by atoms with E-state index in [0.717, 1.165) is 0 Å². The highest BCUT2D eigenvalue weighted by molar-refractivity contribution is 6.36. The van der Waals surface area contributed by atoms with Gasteiger partial charge in [-0.25, -0.2) is 4.79 Å². The van der Waals surface area contributed by atoms with E-state index in [4.69, 9.17) is 32.7 Å². The summed E-state index contributed by atoms with van der Waals surface area (Å²) in [5.41, 5.74) is 2.19. The maximum Gasteiger partial charge on any atom is 0.335 e. The second-order valence-corrected chi connectivity index (χ2v) is 7.38. The molecule has 8 heteroatoms. The lowest BCUT2D eigenvalue weighted by molar-refractivity contribution is -0.114. The van der Waals surface area contributed by atoms with Crippen LogP contribution in [0.3, 0.4) is 0 Å². The Labute approximate surface area is 181 Å². The molecule has 0 saturated carbocycles. The van der Waals surface area contributed by atoms with Gasteiger partial charge in [0.25, 0.3) is 5.91 Å². The van der Waals surface area contributed by atoms with Crippen LogP contribution in [0.15, 0.2) is 69.7 Å². The van der Waals surface area contributed by atoms with Crippen molar-refractivity contribution in [2.45, 2.75) is 6.92 Å². The molecule has 0 fully saturated rings. The number of aromatic carboxylic acids is 1. The van der Waals surface area contributed by atoms with Crippen molar-refractivity contribution < 1.29 is 19.1 Å². The Balaban J connectivity index is 1.60. The van der Waals surface area contributed by atoms with Crippen LogP contribution >= 0.6 is 23.2 Å². The molecule has 0 radical (unpaired) electrons. The molecular formula is C22H14Cl2N2O4. The fourth-order valence-electron chi connectivity index (χ4n) is 3.01. The molecule has 2 aromatic carbocycles. The monoisotopic (exact) mass is 440 g/mol. The first-order chi connectivity index (χ1) is 14.3. The molecule has 0 bridgehead atoms. The van der Waals surface area contributed by atoms with Crippen molar-refractivity contribution in [3.05, 3.63) is 81.5 Å². The van der Waals surface area contributed by atoms with Gasteiger partial charge in [-0.15, -0.1) is 0 Å². The molecule has 2 heterocycles. The number of rotatable bonds is 4. The number of anilines is 1. The summed E-state index contributed by atoms with van der Waals surface area (Å²) in [6, 6.07) is 14.5. The number of halogens is 2. The summed E-state index contributed by atoms with van der Waals surface area (Å²) in [7, 11) is 0. The molecule has 1 amide bonds. The zero-order chi connectivity index (χ0) is 21.4. The molecule has 1 aliphatic rings. The van der Waals surface area contributed by atoms with E-state index in [1.165, 1.54) is 29.3 Å². The standard InChI is InChI=1S/C22H14Cl2N2O4/c1-12-18(21(27)26(25-12)15-5-2-13(3-6-15)22(28)29)11-16-7-9-20(30-16)17-8-4-14(23)10-19(17)24/h2-11H,1H3,(H,28,29)/b18-11+. The third kappa shape index (κ3) is 3.75. The summed E-state index contributed by atoms with van der Waals surface area (Å²) < 4.78 is 5.84. The predicted octanol–water partition coefficient (Wildman–Crippen LogP) is 5.76. The number of nitrogens with zero attached hydrogens (tertiary/aromatic N) is 2. The number of carboxylic acid groups (broad SMARTS) is 1. The minimum atomic E-state index is -1.04. The number of furan rings is 1. The average Bonchev–Trinajstić information content (AvgIpc) is 3.28. The predicted molar refractivity (Wildman–Crippen MR) is 116 cm³/mol. The number of carboxylic acids is 1. The topological polar surface area (TPSA) is 83.1 Å². The normalized spacial score (nSPS) is 15.0. The van der Waals surface area contributed by atoms with Crippen molar-refractivity contribution in [2.24, 2.45) is 5.10 Å². The Morgan fingerprint density at radius 1 is 1.10 bits per heavy atom. The van der Waals surface area contributed by atoms with Gasteiger partial charge in [0.15, 0.2) is 0 Å². The molecule has 0 aliphatic carbocycles. The SMILES string of the molecule is CC1=NN(c2ccc(C(=O)O)cc2)C(=O)/C1=C/c1ccc(-c2ccc(Cl)cc2Cl)o1. The third-order valence-corrected chi connectivity index (χ3v) is 5.08. The lowest BCUT2D eigenvalue weighted by atomic mass is 10.1. The Morgan fingerprint density at radius 2 is 1.83 bits per heavy atom. The number of carbonyl (C=O) groups excluding carboxylic acids is 1. The van der Waals surface area contributed by atoms with Gasteiger partial charge < -0.3 is 9.52 Å². The summed E-state index contributed by atoms with van der Waals surface area (Å²) in [5, 5.41) is 15.5. The van der Waals surface area contributed by atoms with E-state index < -0.39 is 5.97 Å². The molecule has 6 nitrogen and oxygen atoms in total. The van der Waals surface area contributed by atoms with Gasteiger partial charge in [0.2, 0.25) is 0 Å². The smallest absolute Gasteiger partial charge is 0.335 e. The second-order valence-electron chi connectivity index (χ2n) is 6.54. The average molecular weight is 441 g/mol. The van der Waals surface area contributed by atoms with E-state index in [0.29, 0.717) is 44.1 Å². The molecule has 4 rings (SSSR count). The van der Waals surface area contributed by atoms with Gasteiger partial charge in [-0.3, -0.25) is 4.79 Å².